The van der Waals surface area contributed by atoms with Crippen LogP contribution < -0.4 is 15.4 Å². The molecule has 0 radical (unpaired) electrons. The summed E-state index contributed by atoms with van der Waals surface area (Å²) in [5.74, 6) is 0.663. The topological polar surface area (TPSA) is 72.5 Å². The van der Waals surface area contributed by atoms with Crippen molar-refractivity contribution in [2.45, 2.75) is 37.9 Å². The van der Waals surface area contributed by atoms with E-state index in [1.807, 2.05) is 25.1 Å². The molecular weight excluding hydrogens is 362 g/mol. The average molecular weight is 388 g/mol. The van der Waals surface area contributed by atoms with Crippen LogP contribution in [0.3, 0.4) is 0 Å². The molecule has 0 aromatic carbocycles. The number of nitrogens with zero attached hydrogens (tertiary/aromatic N) is 1. The van der Waals surface area contributed by atoms with Crippen molar-refractivity contribution in [3.05, 3.63) is 45.9 Å². The minimum atomic E-state index is -0.204. The molecule has 1 amide bonds. The predicted molar refractivity (Wildman–Crippen MR) is 104 cm³/mol. The highest BCUT2D eigenvalue weighted by Crippen LogP contribution is 2.43. The van der Waals surface area contributed by atoms with Crippen LogP contribution in [0.2, 0.25) is 0 Å². The fraction of sp³-hybridized carbons (Fsp3) is 0.500. The number of amides is 1. The number of carbonyl (C=O) groups is 1. The van der Waals surface area contributed by atoms with Gasteiger partial charge in [-0.15, -0.1) is 11.3 Å². The first-order valence-electron chi connectivity index (χ1n) is 9.49. The Hall–Kier alpha value is -1.96. The van der Waals surface area contributed by atoms with Crippen molar-refractivity contribution in [2.24, 2.45) is 0 Å². The van der Waals surface area contributed by atoms with E-state index in [9.17, 15) is 4.79 Å². The minimum Gasteiger partial charge on any atom is -0.487 e. The van der Waals surface area contributed by atoms with Crippen LogP contribution in [-0.4, -0.2) is 43.2 Å². The third kappa shape index (κ3) is 4.00. The van der Waals surface area contributed by atoms with Gasteiger partial charge in [0.1, 0.15) is 11.9 Å². The molecule has 144 valence electrons. The van der Waals surface area contributed by atoms with Crippen molar-refractivity contribution in [2.75, 3.05) is 26.2 Å². The third-order valence-electron chi connectivity index (χ3n) is 5.16. The number of ether oxygens (including phenoxy) is 2. The highest BCUT2D eigenvalue weighted by Gasteiger charge is 2.40. The highest BCUT2D eigenvalue weighted by atomic mass is 32.1. The van der Waals surface area contributed by atoms with Gasteiger partial charge < -0.3 is 20.1 Å². The van der Waals surface area contributed by atoms with Crippen molar-refractivity contribution in [3.63, 3.8) is 0 Å². The normalized spacial score (nSPS) is 19.3. The number of fused-ring (bicyclic) bond motifs is 2. The molecule has 6 nitrogen and oxygen atoms in total. The molecule has 7 heteroatoms. The molecule has 2 N–H and O–H groups in total. The second-order valence-corrected chi connectivity index (χ2v) is 8.25. The zero-order chi connectivity index (χ0) is 18.7. The average Bonchev–Trinajstić information content (AvgIpc) is 3.14. The van der Waals surface area contributed by atoms with E-state index in [4.69, 9.17) is 9.47 Å². The Kier molecular flexibility index (Phi) is 5.43. The van der Waals surface area contributed by atoms with E-state index in [1.54, 1.807) is 23.7 Å². The van der Waals surface area contributed by atoms with Crippen molar-refractivity contribution >= 4 is 17.2 Å². The Morgan fingerprint density at radius 1 is 1.48 bits per heavy atom. The van der Waals surface area contributed by atoms with Gasteiger partial charge in [0, 0.05) is 17.5 Å². The quantitative estimate of drug-likeness (QED) is 0.825. The van der Waals surface area contributed by atoms with Crippen molar-refractivity contribution in [1.82, 2.24) is 15.6 Å². The van der Waals surface area contributed by atoms with E-state index < -0.39 is 0 Å². The van der Waals surface area contributed by atoms with Crippen LogP contribution in [0.5, 0.6) is 5.75 Å². The second-order valence-electron chi connectivity index (χ2n) is 7.12. The summed E-state index contributed by atoms with van der Waals surface area (Å²) in [5, 5.41) is 6.39. The van der Waals surface area contributed by atoms with Gasteiger partial charge in [0.15, 0.2) is 0 Å². The third-order valence-corrected chi connectivity index (χ3v) is 6.36. The van der Waals surface area contributed by atoms with Gasteiger partial charge in [-0.3, -0.25) is 9.78 Å². The summed E-state index contributed by atoms with van der Waals surface area (Å²) in [6.45, 7) is 5.04. The Bertz CT molecular complexity index is 787. The number of hydrogen-bond acceptors (Lipinski definition) is 6. The summed E-state index contributed by atoms with van der Waals surface area (Å²) in [7, 11) is 0. The summed E-state index contributed by atoms with van der Waals surface area (Å²) in [6.07, 6.45) is 6.07. The maximum atomic E-state index is 12.7. The van der Waals surface area contributed by atoms with Gasteiger partial charge >= 0.3 is 0 Å². The number of carbonyl (C=O) groups excluding carboxylic acids is 1. The highest BCUT2D eigenvalue weighted by molar-refractivity contribution is 7.14. The molecule has 1 spiro atoms. The van der Waals surface area contributed by atoms with E-state index in [0.717, 1.165) is 43.8 Å². The number of hydrogen-bond donors (Lipinski definition) is 2. The molecule has 2 aromatic rings. The molecule has 1 unspecified atom stereocenters. The van der Waals surface area contributed by atoms with Gasteiger partial charge in [-0.05, 0) is 56.6 Å². The molecule has 2 aliphatic heterocycles. The smallest absolute Gasteiger partial charge is 0.261 e. The fourth-order valence-corrected chi connectivity index (χ4v) is 4.93. The van der Waals surface area contributed by atoms with Crippen molar-refractivity contribution in [1.29, 1.82) is 0 Å². The number of pyridine rings is 1. The molecule has 0 saturated carbocycles. The van der Waals surface area contributed by atoms with Crippen LogP contribution in [0.25, 0.3) is 0 Å². The lowest BCUT2D eigenvalue weighted by atomic mass is 9.83. The van der Waals surface area contributed by atoms with Gasteiger partial charge in [0.05, 0.1) is 29.8 Å². The van der Waals surface area contributed by atoms with Crippen LogP contribution in [0, 0.1) is 0 Å². The summed E-state index contributed by atoms with van der Waals surface area (Å²) in [5.41, 5.74) is 1.02. The Morgan fingerprint density at radius 2 is 2.33 bits per heavy atom. The first kappa shape index (κ1) is 18.4. The molecule has 2 aromatic heterocycles. The lowest BCUT2D eigenvalue weighted by Crippen LogP contribution is -2.44. The first-order chi connectivity index (χ1) is 13.2. The molecule has 1 saturated heterocycles. The number of nitrogens with one attached hydrogen (secondary N) is 2. The Balaban J connectivity index is 1.40. The van der Waals surface area contributed by atoms with Crippen LogP contribution in [0.15, 0.2) is 30.6 Å². The van der Waals surface area contributed by atoms with Gasteiger partial charge in [-0.1, -0.05) is 0 Å². The minimum absolute atomic E-state index is 0.0416. The molecule has 0 aliphatic carbocycles. The van der Waals surface area contributed by atoms with Crippen LogP contribution in [0.1, 0.15) is 39.9 Å². The standard InChI is InChI=1S/C20H25N3O3S/c1-14(26-15-3-2-7-22-13-15)12-23-19(24)18-11-16-17(27-18)4-10-25-20(16)5-8-21-9-6-20/h2-3,7,11,13-14,21H,4-6,8-10,12H2,1H3,(H,23,24). The molecular formula is C20H25N3O3S. The largest absolute Gasteiger partial charge is 0.487 e. The van der Waals surface area contributed by atoms with E-state index in [-0.39, 0.29) is 17.6 Å². The SMILES string of the molecule is CC(CNC(=O)c1cc2c(s1)CCOC21CCNCC1)Oc1cccnc1. The maximum absolute atomic E-state index is 12.7. The van der Waals surface area contributed by atoms with E-state index in [2.05, 4.69) is 15.6 Å². The fourth-order valence-electron chi connectivity index (χ4n) is 3.79. The van der Waals surface area contributed by atoms with Crippen LogP contribution in [0.4, 0.5) is 0 Å². The predicted octanol–water partition coefficient (Wildman–Crippen LogP) is 2.49. The van der Waals surface area contributed by atoms with E-state index >= 15 is 0 Å². The molecule has 4 rings (SSSR count). The Morgan fingerprint density at radius 3 is 3.11 bits per heavy atom. The van der Waals surface area contributed by atoms with E-state index in [0.29, 0.717) is 12.3 Å². The first-order valence-corrected chi connectivity index (χ1v) is 10.3. The molecule has 0 bridgehead atoms. The zero-order valence-electron chi connectivity index (χ0n) is 15.5. The van der Waals surface area contributed by atoms with Gasteiger partial charge in [-0.2, -0.15) is 0 Å². The molecule has 4 heterocycles. The lowest BCUT2D eigenvalue weighted by molar-refractivity contribution is -0.0792. The molecule has 1 fully saturated rings. The monoisotopic (exact) mass is 387 g/mol. The molecule has 1 atom stereocenters. The van der Waals surface area contributed by atoms with Crippen molar-refractivity contribution < 1.29 is 14.3 Å². The van der Waals surface area contributed by atoms with Crippen LogP contribution >= 0.6 is 11.3 Å². The second kappa shape index (κ2) is 7.96. The zero-order valence-corrected chi connectivity index (χ0v) is 16.3. The van der Waals surface area contributed by atoms with Gasteiger partial charge in [0.2, 0.25) is 0 Å². The van der Waals surface area contributed by atoms with Crippen LogP contribution in [-0.2, 0) is 16.8 Å². The van der Waals surface area contributed by atoms with Gasteiger partial charge in [-0.25, -0.2) is 0 Å². The van der Waals surface area contributed by atoms with E-state index in [1.165, 1.54) is 10.4 Å². The number of thiophene rings is 1. The summed E-state index contributed by atoms with van der Waals surface area (Å²) >= 11 is 1.60. The summed E-state index contributed by atoms with van der Waals surface area (Å²) < 4.78 is 12.0. The molecule has 27 heavy (non-hydrogen) atoms. The summed E-state index contributed by atoms with van der Waals surface area (Å²) in [4.78, 5) is 18.8. The number of aromatic nitrogens is 1. The number of piperidine rings is 1. The Labute approximate surface area is 163 Å². The summed E-state index contributed by atoms with van der Waals surface area (Å²) in [6, 6.07) is 5.74. The number of rotatable bonds is 5. The van der Waals surface area contributed by atoms with Gasteiger partial charge in [0.25, 0.3) is 5.91 Å². The van der Waals surface area contributed by atoms with Crippen molar-refractivity contribution in [3.8, 4) is 5.75 Å². The lowest BCUT2D eigenvalue weighted by Gasteiger charge is -2.40. The molecule has 2 aliphatic rings. The maximum Gasteiger partial charge on any atom is 0.261 e.